The van der Waals surface area contributed by atoms with Crippen molar-refractivity contribution in [3.63, 3.8) is 0 Å². The second-order valence-electron chi connectivity index (χ2n) is 3.63. The SMILES string of the molecule is CNC(=O)CCN(C)Cc1cc(Cl)ccn1. The van der Waals surface area contributed by atoms with Crippen molar-refractivity contribution >= 4 is 17.5 Å². The molecule has 0 spiro atoms. The smallest absolute Gasteiger partial charge is 0.221 e. The van der Waals surface area contributed by atoms with E-state index < -0.39 is 0 Å². The molecular formula is C11H16ClN3O. The maximum Gasteiger partial charge on any atom is 0.221 e. The molecule has 1 aromatic heterocycles. The fourth-order valence-corrected chi connectivity index (χ4v) is 1.49. The summed E-state index contributed by atoms with van der Waals surface area (Å²) in [6.07, 6.45) is 2.18. The molecule has 0 fully saturated rings. The van der Waals surface area contributed by atoms with Crippen molar-refractivity contribution in [1.29, 1.82) is 0 Å². The second kappa shape index (κ2) is 6.45. The van der Waals surface area contributed by atoms with Crippen molar-refractivity contribution in [2.24, 2.45) is 0 Å². The van der Waals surface area contributed by atoms with Gasteiger partial charge in [0.15, 0.2) is 0 Å². The number of hydrogen-bond acceptors (Lipinski definition) is 3. The van der Waals surface area contributed by atoms with E-state index in [1.54, 1.807) is 19.3 Å². The second-order valence-corrected chi connectivity index (χ2v) is 4.06. The van der Waals surface area contributed by atoms with Crippen molar-refractivity contribution in [1.82, 2.24) is 15.2 Å². The van der Waals surface area contributed by atoms with Crippen molar-refractivity contribution in [3.05, 3.63) is 29.0 Å². The molecule has 16 heavy (non-hydrogen) atoms. The number of hydrogen-bond donors (Lipinski definition) is 1. The van der Waals surface area contributed by atoms with Gasteiger partial charge in [0.05, 0.1) is 5.69 Å². The summed E-state index contributed by atoms with van der Waals surface area (Å²) in [6, 6.07) is 3.58. The lowest BCUT2D eigenvalue weighted by atomic mass is 10.3. The van der Waals surface area contributed by atoms with Crippen LogP contribution in [-0.2, 0) is 11.3 Å². The van der Waals surface area contributed by atoms with E-state index in [-0.39, 0.29) is 5.91 Å². The Morgan fingerprint density at radius 2 is 2.38 bits per heavy atom. The molecule has 0 radical (unpaired) electrons. The summed E-state index contributed by atoms with van der Waals surface area (Å²) in [5.74, 6) is 0.0471. The van der Waals surface area contributed by atoms with E-state index in [1.807, 2.05) is 18.0 Å². The molecule has 1 amide bonds. The molecule has 0 saturated heterocycles. The Labute approximate surface area is 101 Å². The Hall–Kier alpha value is -1.13. The Balaban J connectivity index is 2.39. The summed E-state index contributed by atoms with van der Waals surface area (Å²) in [6.45, 7) is 1.39. The summed E-state index contributed by atoms with van der Waals surface area (Å²) in [5, 5.41) is 3.28. The summed E-state index contributed by atoms with van der Waals surface area (Å²) < 4.78 is 0. The molecular weight excluding hydrogens is 226 g/mol. The van der Waals surface area contributed by atoms with Gasteiger partial charge in [-0.15, -0.1) is 0 Å². The zero-order valence-corrected chi connectivity index (χ0v) is 10.3. The lowest BCUT2D eigenvalue weighted by Crippen LogP contribution is -2.26. The van der Waals surface area contributed by atoms with Crippen LogP contribution < -0.4 is 5.32 Å². The van der Waals surface area contributed by atoms with Crippen LogP contribution in [0.5, 0.6) is 0 Å². The first-order chi connectivity index (χ1) is 7.61. The minimum atomic E-state index is 0.0471. The fraction of sp³-hybridized carbons (Fsp3) is 0.455. The third-order valence-corrected chi connectivity index (χ3v) is 2.45. The molecule has 0 bridgehead atoms. The first-order valence-corrected chi connectivity index (χ1v) is 5.49. The van der Waals surface area contributed by atoms with Gasteiger partial charge in [-0.3, -0.25) is 9.78 Å². The largest absolute Gasteiger partial charge is 0.359 e. The monoisotopic (exact) mass is 241 g/mol. The molecule has 0 aliphatic heterocycles. The Morgan fingerprint density at radius 3 is 3.00 bits per heavy atom. The van der Waals surface area contributed by atoms with Gasteiger partial charge in [0.1, 0.15) is 0 Å². The topological polar surface area (TPSA) is 45.2 Å². The number of halogens is 1. The van der Waals surface area contributed by atoms with Crippen LogP contribution in [0.15, 0.2) is 18.3 Å². The summed E-state index contributed by atoms with van der Waals surface area (Å²) >= 11 is 5.86. The summed E-state index contributed by atoms with van der Waals surface area (Å²) in [5.41, 5.74) is 0.909. The van der Waals surface area contributed by atoms with Crippen LogP contribution in [-0.4, -0.2) is 36.4 Å². The molecule has 5 heteroatoms. The summed E-state index contributed by atoms with van der Waals surface area (Å²) in [4.78, 5) is 17.3. The van der Waals surface area contributed by atoms with E-state index in [9.17, 15) is 4.79 Å². The molecule has 0 saturated carbocycles. The molecule has 1 heterocycles. The fourth-order valence-electron chi connectivity index (χ4n) is 1.31. The molecule has 1 rings (SSSR count). The van der Waals surface area contributed by atoms with Crippen LogP contribution in [0.3, 0.4) is 0 Å². The summed E-state index contributed by atoms with van der Waals surface area (Å²) in [7, 11) is 3.59. The average molecular weight is 242 g/mol. The molecule has 0 atom stereocenters. The number of aromatic nitrogens is 1. The predicted octanol–water partition coefficient (Wildman–Crippen LogP) is 1.30. The lowest BCUT2D eigenvalue weighted by molar-refractivity contribution is -0.120. The van der Waals surface area contributed by atoms with E-state index in [4.69, 9.17) is 11.6 Å². The highest BCUT2D eigenvalue weighted by atomic mass is 35.5. The van der Waals surface area contributed by atoms with Gasteiger partial charge in [0.25, 0.3) is 0 Å². The maximum absolute atomic E-state index is 11.0. The zero-order chi connectivity index (χ0) is 12.0. The molecule has 1 aromatic rings. The molecule has 4 nitrogen and oxygen atoms in total. The number of pyridine rings is 1. The quantitative estimate of drug-likeness (QED) is 0.845. The maximum atomic E-state index is 11.0. The Morgan fingerprint density at radius 1 is 1.62 bits per heavy atom. The van der Waals surface area contributed by atoms with Crippen LogP contribution in [0.1, 0.15) is 12.1 Å². The standard InChI is InChI=1S/C11H16ClN3O/c1-13-11(16)4-6-15(2)8-10-7-9(12)3-5-14-10/h3,5,7H,4,6,8H2,1-2H3,(H,13,16). The van der Waals surface area contributed by atoms with Crippen molar-refractivity contribution in [2.75, 3.05) is 20.6 Å². The molecule has 0 aliphatic carbocycles. The minimum absolute atomic E-state index is 0.0471. The average Bonchev–Trinajstić information content (AvgIpc) is 2.26. The van der Waals surface area contributed by atoms with E-state index in [0.717, 1.165) is 5.69 Å². The van der Waals surface area contributed by atoms with Crippen LogP contribution in [0.2, 0.25) is 5.02 Å². The van der Waals surface area contributed by atoms with Gasteiger partial charge >= 0.3 is 0 Å². The molecule has 0 aromatic carbocycles. The van der Waals surface area contributed by atoms with Crippen molar-refractivity contribution < 1.29 is 4.79 Å². The van der Waals surface area contributed by atoms with Crippen LogP contribution in [0.25, 0.3) is 0 Å². The van der Waals surface area contributed by atoms with Crippen LogP contribution in [0.4, 0.5) is 0 Å². The highest BCUT2D eigenvalue weighted by molar-refractivity contribution is 6.30. The van der Waals surface area contributed by atoms with Gasteiger partial charge in [-0.2, -0.15) is 0 Å². The van der Waals surface area contributed by atoms with E-state index in [0.29, 0.717) is 24.5 Å². The van der Waals surface area contributed by atoms with E-state index >= 15 is 0 Å². The van der Waals surface area contributed by atoms with Crippen LogP contribution in [0, 0.1) is 0 Å². The molecule has 1 N–H and O–H groups in total. The number of nitrogens with zero attached hydrogens (tertiary/aromatic N) is 2. The highest BCUT2D eigenvalue weighted by Crippen LogP contribution is 2.09. The van der Waals surface area contributed by atoms with E-state index in [1.165, 1.54) is 0 Å². The van der Waals surface area contributed by atoms with Crippen molar-refractivity contribution in [3.8, 4) is 0 Å². The molecule has 0 unspecified atom stereocenters. The van der Waals surface area contributed by atoms with Gasteiger partial charge in [-0.05, 0) is 19.2 Å². The number of carbonyl (C=O) groups is 1. The van der Waals surface area contributed by atoms with Gasteiger partial charge in [-0.1, -0.05) is 11.6 Å². The van der Waals surface area contributed by atoms with Gasteiger partial charge < -0.3 is 10.2 Å². The minimum Gasteiger partial charge on any atom is -0.359 e. The Bertz CT molecular complexity index is 357. The number of carbonyl (C=O) groups excluding carboxylic acids is 1. The third-order valence-electron chi connectivity index (χ3n) is 2.21. The van der Waals surface area contributed by atoms with Gasteiger partial charge in [0, 0.05) is 37.8 Å². The first kappa shape index (κ1) is 12.9. The third kappa shape index (κ3) is 4.59. The molecule has 0 aliphatic rings. The number of rotatable bonds is 5. The first-order valence-electron chi connectivity index (χ1n) is 5.11. The van der Waals surface area contributed by atoms with Crippen LogP contribution >= 0.6 is 11.6 Å². The normalized spacial score (nSPS) is 10.5. The molecule has 88 valence electrons. The predicted molar refractivity (Wildman–Crippen MR) is 64.3 cm³/mol. The van der Waals surface area contributed by atoms with Crippen molar-refractivity contribution in [2.45, 2.75) is 13.0 Å². The lowest BCUT2D eigenvalue weighted by Gasteiger charge is -2.15. The van der Waals surface area contributed by atoms with Gasteiger partial charge in [0.2, 0.25) is 5.91 Å². The highest BCUT2D eigenvalue weighted by Gasteiger charge is 2.04. The Kier molecular flexibility index (Phi) is 5.22. The number of nitrogens with one attached hydrogen (secondary N) is 1. The number of amides is 1. The zero-order valence-electron chi connectivity index (χ0n) is 9.53. The van der Waals surface area contributed by atoms with Gasteiger partial charge in [-0.25, -0.2) is 0 Å². The van der Waals surface area contributed by atoms with E-state index in [2.05, 4.69) is 10.3 Å².